The van der Waals surface area contributed by atoms with Gasteiger partial charge in [-0.05, 0) is 39.0 Å². The number of carbonyl (C=O) groups excluding carboxylic acids is 1. The summed E-state index contributed by atoms with van der Waals surface area (Å²) in [5.74, 6) is 0.774. The van der Waals surface area contributed by atoms with Crippen LogP contribution in [0.2, 0.25) is 0 Å². The van der Waals surface area contributed by atoms with Crippen LogP contribution in [-0.4, -0.2) is 34.3 Å². The van der Waals surface area contributed by atoms with E-state index in [0.717, 1.165) is 17.1 Å². The SMILES string of the molecule is COCCc1noc([C@H](C)NC(=O)c2cc(C)n(-c3ccccc3)c2C)n1. The molecule has 1 amide bonds. The maximum Gasteiger partial charge on any atom is 0.253 e. The molecule has 0 unspecified atom stereocenters. The number of ether oxygens (including phenoxy) is 1. The van der Waals surface area contributed by atoms with E-state index in [1.54, 1.807) is 7.11 Å². The van der Waals surface area contributed by atoms with Crippen molar-refractivity contribution >= 4 is 5.91 Å². The van der Waals surface area contributed by atoms with Gasteiger partial charge in [0.05, 0.1) is 12.2 Å². The summed E-state index contributed by atoms with van der Waals surface area (Å²) in [5, 5.41) is 6.84. The predicted octanol–water partition coefficient (Wildman–Crippen LogP) is 3.16. The topological polar surface area (TPSA) is 82.2 Å². The molecule has 3 aromatic rings. The first-order valence-corrected chi connectivity index (χ1v) is 8.88. The quantitative estimate of drug-likeness (QED) is 0.693. The Balaban J connectivity index is 1.76. The summed E-state index contributed by atoms with van der Waals surface area (Å²) in [6.07, 6.45) is 0.568. The zero-order valence-electron chi connectivity index (χ0n) is 16.0. The van der Waals surface area contributed by atoms with Gasteiger partial charge in [-0.25, -0.2) is 0 Å². The van der Waals surface area contributed by atoms with Crippen LogP contribution in [0, 0.1) is 13.8 Å². The number of benzene rings is 1. The molecule has 7 nitrogen and oxygen atoms in total. The standard InChI is InChI=1S/C20H24N4O3/c1-13-12-17(15(3)24(13)16-8-6-5-7-9-16)19(25)21-14(2)20-22-18(23-27-20)10-11-26-4/h5-9,12,14H,10-11H2,1-4H3,(H,21,25)/t14-/m0/s1. The highest BCUT2D eigenvalue weighted by molar-refractivity contribution is 5.96. The van der Waals surface area contributed by atoms with E-state index in [0.29, 0.717) is 30.3 Å². The number of nitrogens with one attached hydrogen (secondary N) is 1. The second kappa shape index (κ2) is 8.18. The number of nitrogens with zero attached hydrogens (tertiary/aromatic N) is 3. The Morgan fingerprint density at radius 2 is 2.04 bits per heavy atom. The number of rotatable bonds is 7. The molecule has 0 spiro atoms. The highest BCUT2D eigenvalue weighted by Gasteiger charge is 2.21. The summed E-state index contributed by atoms with van der Waals surface area (Å²) in [5.41, 5.74) is 3.53. The van der Waals surface area contributed by atoms with Crippen molar-refractivity contribution in [2.75, 3.05) is 13.7 Å². The third-order valence-corrected chi connectivity index (χ3v) is 4.42. The van der Waals surface area contributed by atoms with Gasteiger partial charge < -0.3 is 19.1 Å². The third-order valence-electron chi connectivity index (χ3n) is 4.42. The summed E-state index contributed by atoms with van der Waals surface area (Å²) < 4.78 is 12.3. The van der Waals surface area contributed by atoms with E-state index < -0.39 is 0 Å². The van der Waals surface area contributed by atoms with Crippen molar-refractivity contribution in [2.24, 2.45) is 0 Å². The van der Waals surface area contributed by atoms with Crippen molar-refractivity contribution in [3.8, 4) is 5.69 Å². The first kappa shape index (κ1) is 18.8. The second-order valence-electron chi connectivity index (χ2n) is 6.44. The molecule has 27 heavy (non-hydrogen) atoms. The molecular weight excluding hydrogens is 344 g/mol. The Labute approximate surface area is 158 Å². The lowest BCUT2D eigenvalue weighted by Crippen LogP contribution is -2.27. The zero-order valence-corrected chi connectivity index (χ0v) is 16.0. The Bertz CT molecular complexity index is 915. The number of para-hydroxylation sites is 1. The van der Waals surface area contributed by atoms with Gasteiger partial charge in [0.2, 0.25) is 5.89 Å². The molecule has 1 N–H and O–H groups in total. The fraction of sp³-hybridized carbons (Fsp3) is 0.350. The van der Waals surface area contributed by atoms with E-state index in [1.165, 1.54) is 0 Å². The number of hydrogen-bond donors (Lipinski definition) is 1. The normalized spacial score (nSPS) is 12.1. The molecular formula is C20H24N4O3. The highest BCUT2D eigenvalue weighted by Crippen LogP contribution is 2.21. The molecule has 3 rings (SSSR count). The lowest BCUT2D eigenvalue weighted by Gasteiger charge is -2.11. The van der Waals surface area contributed by atoms with Gasteiger partial charge in [-0.3, -0.25) is 4.79 Å². The van der Waals surface area contributed by atoms with Crippen molar-refractivity contribution in [1.29, 1.82) is 0 Å². The Morgan fingerprint density at radius 1 is 1.30 bits per heavy atom. The van der Waals surface area contributed by atoms with Crippen LogP contribution < -0.4 is 5.32 Å². The first-order valence-electron chi connectivity index (χ1n) is 8.88. The van der Waals surface area contributed by atoms with Gasteiger partial charge in [-0.1, -0.05) is 23.4 Å². The summed E-state index contributed by atoms with van der Waals surface area (Å²) in [7, 11) is 1.62. The van der Waals surface area contributed by atoms with Crippen LogP contribution in [-0.2, 0) is 11.2 Å². The smallest absolute Gasteiger partial charge is 0.253 e. The maximum atomic E-state index is 12.8. The molecule has 0 fully saturated rings. The Kier molecular flexibility index (Phi) is 5.71. The number of amides is 1. The van der Waals surface area contributed by atoms with Crippen LogP contribution in [0.25, 0.3) is 5.69 Å². The first-order chi connectivity index (χ1) is 13.0. The summed E-state index contributed by atoms with van der Waals surface area (Å²) in [6.45, 7) is 6.27. The molecule has 7 heteroatoms. The Morgan fingerprint density at radius 3 is 2.74 bits per heavy atom. The van der Waals surface area contributed by atoms with Gasteiger partial charge in [0.1, 0.15) is 6.04 Å². The van der Waals surface area contributed by atoms with Crippen LogP contribution in [0.3, 0.4) is 0 Å². The monoisotopic (exact) mass is 368 g/mol. The van der Waals surface area contributed by atoms with Gasteiger partial charge in [-0.15, -0.1) is 0 Å². The van der Waals surface area contributed by atoms with E-state index in [4.69, 9.17) is 9.26 Å². The van der Waals surface area contributed by atoms with Crippen LogP contribution in [0.15, 0.2) is 40.9 Å². The molecule has 0 aliphatic carbocycles. The molecule has 2 aromatic heterocycles. The van der Waals surface area contributed by atoms with Crippen LogP contribution in [0.4, 0.5) is 0 Å². The lowest BCUT2D eigenvalue weighted by molar-refractivity contribution is 0.0932. The van der Waals surface area contributed by atoms with Crippen molar-refractivity contribution < 1.29 is 14.1 Å². The molecule has 1 atom stereocenters. The maximum absolute atomic E-state index is 12.8. The van der Waals surface area contributed by atoms with E-state index in [2.05, 4.69) is 20.0 Å². The largest absolute Gasteiger partial charge is 0.384 e. The predicted molar refractivity (Wildman–Crippen MR) is 101 cm³/mol. The van der Waals surface area contributed by atoms with Crippen LogP contribution in [0.5, 0.6) is 0 Å². The molecule has 2 heterocycles. The average Bonchev–Trinajstić information content (AvgIpc) is 3.25. The molecule has 0 radical (unpaired) electrons. The summed E-state index contributed by atoms with van der Waals surface area (Å²) in [4.78, 5) is 17.1. The third kappa shape index (κ3) is 4.09. The number of aryl methyl sites for hydroxylation is 1. The molecule has 0 bridgehead atoms. The van der Waals surface area contributed by atoms with Gasteiger partial charge in [0, 0.05) is 30.6 Å². The number of hydrogen-bond acceptors (Lipinski definition) is 5. The molecule has 1 aromatic carbocycles. The summed E-state index contributed by atoms with van der Waals surface area (Å²) >= 11 is 0. The fourth-order valence-electron chi connectivity index (χ4n) is 3.04. The van der Waals surface area contributed by atoms with Gasteiger partial charge in [0.15, 0.2) is 5.82 Å². The lowest BCUT2D eigenvalue weighted by atomic mass is 10.2. The number of aromatic nitrogens is 3. The van der Waals surface area contributed by atoms with E-state index in [1.807, 2.05) is 57.2 Å². The zero-order chi connectivity index (χ0) is 19.4. The number of methoxy groups -OCH3 is 1. The van der Waals surface area contributed by atoms with Gasteiger partial charge in [-0.2, -0.15) is 4.98 Å². The minimum Gasteiger partial charge on any atom is -0.384 e. The second-order valence-corrected chi connectivity index (χ2v) is 6.44. The molecule has 0 saturated carbocycles. The molecule has 0 saturated heterocycles. The highest BCUT2D eigenvalue weighted by atomic mass is 16.5. The van der Waals surface area contributed by atoms with Crippen LogP contribution in [0.1, 0.15) is 46.4 Å². The van der Waals surface area contributed by atoms with E-state index in [-0.39, 0.29) is 11.9 Å². The van der Waals surface area contributed by atoms with Crippen LogP contribution >= 0.6 is 0 Å². The van der Waals surface area contributed by atoms with Crippen molar-refractivity contribution in [2.45, 2.75) is 33.2 Å². The van der Waals surface area contributed by atoms with E-state index >= 15 is 0 Å². The van der Waals surface area contributed by atoms with Crippen molar-refractivity contribution in [3.63, 3.8) is 0 Å². The van der Waals surface area contributed by atoms with E-state index in [9.17, 15) is 4.79 Å². The molecule has 0 aliphatic heterocycles. The fourth-order valence-corrected chi connectivity index (χ4v) is 3.04. The summed E-state index contributed by atoms with van der Waals surface area (Å²) in [6, 6.07) is 11.5. The van der Waals surface area contributed by atoms with Gasteiger partial charge in [0.25, 0.3) is 5.91 Å². The number of carbonyl (C=O) groups is 1. The molecule has 142 valence electrons. The molecule has 0 aliphatic rings. The van der Waals surface area contributed by atoms with Crippen molar-refractivity contribution in [3.05, 3.63) is 65.1 Å². The average molecular weight is 368 g/mol. The Hall–Kier alpha value is -2.93. The minimum atomic E-state index is -0.388. The minimum absolute atomic E-state index is 0.172. The van der Waals surface area contributed by atoms with Gasteiger partial charge >= 0.3 is 0 Å². The van der Waals surface area contributed by atoms with Crippen molar-refractivity contribution in [1.82, 2.24) is 20.0 Å².